The van der Waals surface area contributed by atoms with Crippen molar-refractivity contribution in [2.24, 2.45) is 5.73 Å². The molecule has 0 aliphatic carbocycles. The maximum absolute atomic E-state index is 14.5. The molecule has 0 saturated carbocycles. The molecule has 0 fully saturated rings. The van der Waals surface area contributed by atoms with Crippen LogP contribution in [0.25, 0.3) is 0 Å². The molecule has 2 aromatic heterocycles. The largest absolute Gasteiger partial charge is 0.371 e. The number of amides is 1. The maximum atomic E-state index is 14.5. The number of primary amides is 1. The number of benzene rings is 1. The Labute approximate surface area is 165 Å². The Morgan fingerprint density at radius 2 is 2.18 bits per heavy atom. The molecule has 0 saturated heterocycles. The number of halogens is 1. The molecule has 1 atom stereocenters. The van der Waals surface area contributed by atoms with Gasteiger partial charge >= 0.3 is 0 Å². The zero-order valence-corrected chi connectivity index (χ0v) is 15.8. The molecule has 3 rings (SSSR count). The van der Waals surface area contributed by atoms with E-state index in [2.05, 4.69) is 20.0 Å². The van der Waals surface area contributed by atoms with E-state index in [1.54, 1.807) is 24.4 Å². The topological polar surface area (TPSA) is 117 Å². The van der Waals surface area contributed by atoms with Crippen LogP contribution in [-0.4, -0.2) is 21.3 Å². The fourth-order valence-corrected chi connectivity index (χ4v) is 3.25. The van der Waals surface area contributed by atoms with Gasteiger partial charge < -0.3 is 16.4 Å². The minimum atomic E-state index is -0.865. The van der Waals surface area contributed by atoms with Crippen LogP contribution in [0.3, 0.4) is 0 Å². The summed E-state index contributed by atoms with van der Waals surface area (Å²) in [6.45, 7) is 1.85. The average molecular weight is 396 g/mol. The number of aromatic nitrogens is 2. The lowest BCUT2D eigenvalue weighted by Gasteiger charge is -2.18. The molecule has 3 aromatic rings. The van der Waals surface area contributed by atoms with Gasteiger partial charge in [0.25, 0.3) is 0 Å². The Kier molecular flexibility index (Phi) is 5.81. The number of carbonyl (C=O) groups excluding carboxylic acids is 1. The molecule has 2 heterocycles. The number of hydrogen-bond acceptors (Lipinski definition) is 7. The molecule has 0 aliphatic heterocycles. The molecule has 7 nitrogen and oxygen atoms in total. The van der Waals surface area contributed by atoms with Gasteiger partial charge in [-0.3, -0.25) is 9.78 Å². The molecule has 4 N–H and O–H groups in total. The van der Waals surface area contributed by atoms with Crippen molar-refractivity contribution < 1.29 is 9.18 Å². The first kappa shape index (κ1) is 19.3. The third-order valence-corrected chi connectivity index (χ3v) is 4.72. The maximum Gasteiger partial charge on any atom is 0.240 e. The molecule has 1 aromatic carbocycles. The van der Waals surface area contributed by atoms with Gasteiger partial charge in [0.05, 0.1) is 22.6 Å². The van der Waals surface area contributed by atoms with Crippen LogP contribution in [0.5, 0.6) is 0 Å². The summed E-state index contributed by atoms with van der Waals surface area (Å²) in [6.07, 6.45) is 1.81. The first-order chi connectivity index (χ1) is 13.5. The van der Waals surface area contributed by atoms with Crippen LogP contribution in [-0.2, 0) is 11.2 Å². The summed E-state index contributed by atoms with van der Waals surface area (Å²) in [5.74, 6) is -1.29. The number of aryl methyl sites for hydroxylation is 1. The van der Waals surface area contributed by atoms with Crippen molar-refractivity contribution in [3.63, 3.8) is 0 Å². The predicted octanol–water partition coefficient (Wildman–Crippen LogP) is 3.11. The molecule has 1 amide bonds. The van der Waals surface area contributed by atoms with E-state index in [9.17, 15) is 14.4 Å². The van der Waals surface area contributed by atoms with Gasteiger partial charge in [0, 0.05) is 18.3 Å². The average Bonchev–Trinajstić information content (AvgIpc) is 3.09. The number of pyridine rings is 1. The van der Waals surface area contributed by atoms with E-state index < -0.39 is 17.8 Å². The Balaban J connectivity index is 1.88. The van der Waals surface area contributed by atoms with Crippen LogP contribution in [0.2, 0.25) is 0 Å². The van der Waals surface area contributed by atoms with E-state index in [4.69, 9.17) is 5.73 Å². The van der Waals surface area contributed by atoms with Crippen molar-refractivity contribution in [1.82, 2.24) is 9.36 Å². The molecule has 0 bridgehead atoms. The van der Waals surface area contributed by atoms with Gasteiger partial charge in [-0.25, -0.2) is 4.39 Å². The predicted molar refractivity (Wildman–Crippen MR) is 106 cm³/mol. The zero-order chi connectivity index (χ0) is 20.1. The number of hydrogen-bond donors (Lipinski definition) is 3. The second kappa shape index (κ2) is 8.45. The summed E-state index contributed by atoms with van der Waals surface area (Å²) in [5.41, 5.74) is 7.54. The van der Waals surface area contributed by atoms with E-state index >= 15 is 0 Å². The minimum absolute atomic E-state index is 0.0578. The van der Waals surface area contributed by atoms with E-state index in [-0.39, 0.29) is 17.7 Å². The third-order valence-electron chi connectivity index (χ3n) is 3.93. The molecule has 142 valence electrons. The number of carbonyl (C=O) groups is 1. The number of nitrogens with one attached hydrogen (secondary N) is 2. The molecular formula is C19H17FN6OS. The summed E-state index contributed by atoms with van der Waals surface area (Å²) in [7, 11) is 0. The third kappa shape index (κ3) is 4.61. The highest BCUT2D eigenvalue weighted by molar-refractivity contribution is 7.10. The summed E-state index contributed by atoms with van der Waals surface area (Å²) < 4.78 is 18.7. The van der Waals surface area contributed by atoms with Crippen molar-refractivity contribution in [1.29, 1.82) is 5.26 Å². The fraction of sp³-hybridized carbons (Fsp3) is 0.158. The zero-order valence-electron chi connectivity index (χ0n) is 14.9. The Bertz CT molecular complexity index is 1030. The molecule has 1 unspecified atom stereocenters. The number of nitrogens with two attached hydrogens (primary N) is 1. The van der Waals surface area contributed by atoms with Gasteiger partial charge in [-0.05, 0) is 48.8 Å². The number of rotatable bonds is 7. The van der Waals surface area contributed by atoms with Gasteiger partial charge in [0.15, 0.2) is 0 Å². The molecular weight excluding hydrogens is 379 g/mol. The number of nitrogens with zero attached hydrogens (tertiary/aromatic N) is 3. The molecule has 28 heavy (non-hydrogen) atoms. The highest BCUT2D eigenvalue weighted by Crippen LogP contribution is 2.29. The van der Waals surface area contributed by atoms with Crippen LogP contribution >= 0.6 is 11.5 Å². The van der Waals surface area contributed by atoms with Crippen LogP contribution in [0.1, 0.15) is 17.0 Å². The summed E-state index contributed by atoms with van der Waals surface area (Å²) in [5, 5.41) is 15.9. The van der Waals surface area contributed by atoms with E-state index in [0.29, 0.717) is 16.4 Å². The second-order valence-corrected chi connectivity index (χ2v) is 6.88. The SMILES string of the molecule is Cc1cc(Nc2cc(NC(Cc3ccccn3)C(N)=O)c(F)cc2C#N)sn1. The van der Waals surface area contributed by atoms with Crippen LogP contribution in [0.4, 0.5) is 20.8 Å². The Morgan fingerprint density at radius 1 is 1.36 bits per heavy atom. The lowest BCUT2D eigenvalue weighted by atomic mass is 10.1. The lowest BCUT2D eigenvalue weighted by molar-refractivity contribution is -0.118. The van der Waals surface area contributed by atoms with Gasteiger partial charge in [-0.2, -0.15) is 9.64 Å². The monoisotopic (exact) mass is 396 g/mol. The lowest BCUT2D eigenvalue weighted by Crippen LogP contribution is -2.37. The summed E-state index contributed by atoms with van der Waals surface area (Å²) in [6, 6.07) is 10.8. The summed E-state index contributed by atoms with van der Waals surface area (Å²) in [4.78, 5) is 16.0. The normalized spacial score (nSPS) is 11.5. The highest BCUT2D eigenvalue weighted by atomic mass is 32.1. The van der Waals surface area contributed by atoms with Crippen LogP contribution in [0.15, 0.2) is 42.6 Å². The molecule has 0 aliphatic rings. The van der Waals surface area contributed by atoms with Crippen molar-refractivity contribution in [2.75, 3.05) is 10.6 Å². The van der Waals surface area contributed by atoms with Crippen molar-refractivity contribution in [3.05, 3.63) is 65.4 Å². The highest BCUT2D eigenvalue weighted by Gasteiger charge is 2.20. The van der Waals surface area contributed by atoms with Crippen molar-refractivity contribution in [3.8, 4) is 6.07 Å². The van der Waals surface area contributed by atoms with Crippen molar-refractivity contribution >= 4 is 33.8 Å². The minimum Gasteiger partial charge on any atom is -0.371 e. The number of anilines is 3. The number of nitriles is 1. The fourth-order valence-electron chi connectivity index (χ4n) is 2.57. The Morgan fingerprint density at radius 3 is 2.79 bits per heavy atom. The van der Waals surface area contributed by atoms with Gasteiger partial charge in [-0.1, -0.05) is 6.07 Å². The first-order valence-electron chi connectivity index (χ1n) is 8.36. The van der Waals surface area contributed by atoms with E-state index in [0.717, 1.165) is 11.8 Å². The van der Waals surface area contributed by atoms with Crippen molar-refractivity contribution in [2.45, 2.75) is 19.4 Å². The second-order valence-electron chi connectivity index (χ2n) is 6.07. The van der Waals surface area contributed by atoms with Gasteiger partial charge in [-0.15, -0.1) is 0 Å². The molecule has 0 radical (unpaired) electrons. The van der Waals surface area contributed by atoms with E-state index in [1.807, 2.05) is 19.1 Å². The Hall–Kier alpha value is -3.51. The van der Waals surface area contributed by atoms with Gasteiger partial charge in [0.1, 0.15) is 22.9 Å². The summed E-state index contributed by atoms with van der Waals surface area (Å²) >= 11 is 1.23. The molecule has 0 spiro atoms. The smallest absolute Gasteiger partial charge is 0.240 e. The standard InChI is InChI=1S/C19H17FN6OS/c1-11-6-18(28-26-11)25-15-9-16(14(20)7-12(15)10-21)24-17(19(22)27)8-13-4-2-3-5-23-13/h2-7,9,17,24-25H,8H2,1H3,(H2,22,27). The quantitative estimate of drug-likeness (QED) is 0.565. The molecule has 9 heteroatoms. The van der Waals surface area contributed by atoms with Crippen LogP contribution in [0, 0.1) is 24.1 Å². The van der Waals surface area contributed by atoms with Gasteiger partial charge in [0.2, 0.25) is 5.91 Å². The van der Waals surface area contributed by atoms with E-state index in [1.165, 1.54) is 17.6 Å². The van der Waals surface area contributed by atoms with Crippen LogP contribution < -0.4 is 16.4 Å². The first-order valence-corrected chi connectivity index (χ1v) is 9.13.